The summed E-state index contributed by atoms with van der Waals surface area (Å²) < 4.78 is 42.7. The average molecular weight is 355 g/mol. The fraction of sp³-hybridized carbons (Fsp3) is 0.412. The van der Waals surface area contributed by atoms with E-state index in [9.17, 15) is 18.0 Å². The summed E-state index contributed by atoms with van der Waals surface area (Å²) in [5.74, 6) is 0.284. The highest BCUT2D eigenvalue weighted by atomic mass is 19.4. The Hall–Kier alpha value is -2.35. The molecule has 0 saturated carbocycles. The standard InChI is InChI=1S/C17H20F3N3O2/c1-11-8-21-15(22-11)16(2,3)23-14(24)10-25-9-12-4-6-13(7-5-12)17(18,19)20/h4-8H,9-10H2,1-3H3,(H,21,22)(H,23,24). The molecule has 0 aliphatic carbocycles. The summed E-state index contributed by atoms with van der Waals surface area (Å²) in [6.45, 7) is 5.32. The summed E-state index contributed by atoms with van der Waals surface area (Å²) in [6.07, 6.45) is -2.70. The molecule has 0 atom stereocenters. The fourth-order valence-corrected chi connectivity index (χ4v) is 2.23. The van der Waals surface area contributed by atoms with Crippen LogP contribution in [-0.4, -0.2) is 22.5 Å². The number of halogens is 3. The Morgan fingerprint density at radius 2 is 1.88 bits per heavy atom. The highest BCUT2D eigenvalue weighted by Crippen LogP contribution is 2.29. The topological polar surface area (TPSA) is 67.0 Å². The fourth-order valence-electron chi connectivity index (χ4n) is 2.23. The first-order valence-electron chi connectivity index (χ1n) is 7.65. The molecule has 25 heavy (non-hydrogen) atoms. The van der Waals surface area contributed by atoms with E-state index in [-0.39, 0.29) is 19.1 Å². The van der Waals surface area contributed by atoms with Gasteiger partial charge in [-0.1, -0.05) is 12.1 Å². The van der Waals surface area contributed by atoms with Gasteiger partial charge < -0.3 is 15.0 Å². The third-order valence-corrected chi connectivity index (χ3v) is 3.53. The van der Waals surface area contributed by atoms with E-state index < -0.39 is 17.3 Å². The van der Waals surface area contributed by atoms with Gasteiger partial charge in [-0.15, -0.1) is 0 Å². The molecule has 1 amide bonds. The Morgan fingerprint density at radius 3 is 2.40 bits per heavy atom. The molecule has 0 aliphatic rings. The van der Waals surface area contributed by atoms with Crippen molar-refractivity contribution in [2.24, 2.45) is 0 Å². The molecule has 1 aromatic carbocycles. The normalized spacial score (nSPS) is 12.2. The molecule has 0 radical (unpaired) electrons. The Balaban J connectivity index is 1.82. The van der Waals surface area contributed by atoms with Gasteiger partial charge in [0.2, 0.25) is 5.91 Å². The second-order valence-electron chi connectivity index (χ2n) is 6.28. The van der Waals surface area contributed by atoms with E-state index in [1.54, 1.807) is 20.0 Å². The van der Waals surface area contributed by atoms with E-state index in [2.05, 4.69) is 15.3 Å². The van der Waals surface area contributed by atoms with Crippen molar-refractivity contribution in [1.29, 1.82) is 0 Å². The number of nitrogens with one attached hydrogen (secondary N) is 2. The largest absolute Gasteiger partial charge is 0.416 e. The molecule has 8 heteroatoms. The summed E-state index contributed by atoms with van der Waals surface area (Å²) in [4.78, 5) is 19.2. The average Bonchev–Trinajstić information content (AvgIpc) is 2.94. The SMILES string of the molecule is Cc1cnc(C(C)(C)NC(=O)COCc2ccc(C(F)(F)F)cc2)[nH]1. The van der Waals surface area contributed by atoms with E-state index in [0.29, 0.717) is 11.4 Å². The molecule has 0 spiro atoms. The number of carbonyl (C=O) groups excluding carboxylic acids is 1. The molecule has 1 heterocycles. The summed E-state index contributed by atoms with van der Waals surface area (Å²) in [5, 5.41) is 2.79. The minimum Gasteiger partial charge on any atom is -0.367 e. The number of hydrogen-bond acceptors (Lipinski definition) is 3. The van der Waals surface area contributed by atoms with Gasteiger partial charge in [0.25, 0.3) is 0 Å². The summed E-state index contributed by atoms with van der Waals surface area (Å²) in [6, 6.07) is 4.63. The third-order valence-electron chi connectivity index (χ3n) is 3.53. The number of amides is 1. The summed E-state index contributed by atoms with van der Waals surface area (Å²) in [5.41, 5.74) is 0.0327. The lowest BCUT2D eigenvalue weighted by Crippen LogP contribution is -2.43. The lowest BCUT2D eigenvalue weighted by molar-refractivity contribution is -0.137. The number of nitrogens with zero attached hydrogens (tertiary/aromatic N) is 1. The minimum atomic E-state index is -4.37. The van der Waals surface area contributed by atoms with Crippen LogP contribution in [0, 0.1) is 6.92 Å². The molecule has 5 nitrogen and oxygen atoms in total. The highest BCUT2D eigenvalue weighted by Gasteiger charge is 2.30. The Bertz CT molecular complexity index is 721. The predicted octanol–water partition coefficient (Wildman–Crippen LogP) is 3.31. The number of benzene rings is 1. The van der Waals surface area contributed by atoms with Crippen molar-refractivity contribution in [1.82, 2.24) is 15.3 Å². The van der Waals surface area contributed by atoms with Gasteiger partial charge in [-0.05, 0) is 38.5 Å². The van der Waals surface area contributed by atoms with Crippen LogP contribution < -0.4 is 5.32 Å². The first-order valence-corrected chi connectivity index (χ1v) is 7.65. The lowest BCUT2D eigenvalue weighted by atomic mass is 10.1. The van der Waals surface area contributed by atoms with Gasteiger partial charge in [0.15, 0.2) is 0 Å². The van der Waals surface area contributed by atoms with Gasteiger partial charge in [0.05, 0.1) is 17.7 Å². The van der Waals surface area contributed by atoms with E-state index in [0.717, 1.165) is 17.8 Å². The maximum Gasteiger partial charge on any atom is 0.416 e. The van der Waals surface area contributed by atoms with E-state index in [4.69, 9.17) is 4.74 Å². The zero-order valence-electron chi connectivity index (χ0n) is 14.2. The highest BCUT2D eigenvalue weighted by molar-refractivity contribution is 5.78. The van der Waals surface area contributed by atoms with E-state index in [1.165, 1.54) is 12.1 Å². The zero-order chi connectivity index (χ0) is 18.7. The summed E-state index contributed by atoms with van der Waals surface area (Å²) in [7, 11) is 0. The Kier molecular flexibility index (Phi) is 5.52. The van der Waals surface area contributed by atoms with E-state index >= 15 is 0 Å². The number of aryl methyl sites for hydroxylation is 1. The number of rotatable bonds is 6. The molecule has 2 rings (SSSR count). The maximum absolute atomic E-state index is 12.5. The number of aromatic nitrogens is 2. The monoisotopic (exact) mass is 355 g/mol. The van der Waals surface area contributed by atoms with Gasteiger partial charge in [0.1, 0.15) is 12.4 Å². The van der Waals surface area contributed by atoms with Crippen LogP contribution in [0.1, 0.15) is 36.5 Å². The van der Waals surface area contributed by atoms with Crippen molar-refractivity contribution in [2.45, 2.75) is 39.1 Å². The second-order valence-corrected chi connectivity index (χ2v) is 6.28. The van der Waals surface area contributed by atoms with Gasteiger partial charge >= 0.3 is 6.18 Å². The van der Waals surface area contributed by atoms with Crippen LogP contribution in [0.4, 0.5) is 13.2 Å². The van der Waals surface area contributed by atoms with Gasteiger partial charge in [-0.25, -0.2) is 4.98 Å². The van der Waals surface area contributed by atoms with Crippen molar-refractivity contribution in [3.8, 4) is 0 Å². The maximum atomic E-state index is 12.5. The smallest absolute Gasteiger partial charge is 0.367 e. The minimum absolute atomic E-state index is 0.0475. The first-order chi connectivity index (χ1) is 11.6. The molecule has 0 saturated heterocycles. The number of hydrogen-bond donors (Lipinski definition) is 2. The van der Waals surface area contributed by atoms with Crippen LogP contribution in [0.5, 0.6) is 0 Å². The van der Waals surface area contributed by atoms with E-state index in [1.807, 2.05) is 6.92 Å². The number of ether oxygens (including phenoxy) is 1. The molecular weight excluding hydrogens is 335 g/mol. The molecule has 2 aromatic rings. The van der Waals surface area contributed by atoms with Crippen molar-refractivity contribution in [3.63, 3.8) is 0 Å². The number of carbonyl (C=O) groups is 1. The van der Waals surface area contributed by atoms with Crippen LogP contribution in [-0.2, 0) is 27.9 Å². The van der Waals surface area contributed by atoms with Crippen molar-refractivity contribution < 1.29 is 22.7 Å². The molecule has 0 fully saturated rings. The van der Waals surface area contributed by atoms with Gasteiger partial charge in [0, 0.05) is 11.9 Å². The number of alkyl halides is 3. The van der Waals surface area contributed by atoms with Gasteiger partial charge in [-0.3, -0.25) is 4.79 Å². The number of aromatic amines is 1. The molecule has 0 bridgehead atoms. The molecule has 2 N–H and O–H groups in total. The lowest BCUT2D eigenvalue weighted by Gasteiger charge is -2.24. The molecule has 0 unspecified atom stereocenters. The Morgan fingerprint density at radius 1 is 1.24 bits per heavy atom. The van der Waals surface area contributed by atoms with Crippen LogP contribution >= 0.6 is 0 Å². The quantitative estimate of drug-likeness (QED) is 0.835. The Labute approximate surface area is 143 Å². The first kappa shape index (κ1) is 19.0. The zero-order valence-corrected chi connectivity index (χ0v) is 14.2. The second kappa shape index (κ2) is 7.26. The van der Waals surface area contributed by atoms with Crippen molar-refractivity contribution in [2.75, 3.05) is 6.61 Å². The number of imidazole rings is 1. The number of H-pyrrole nitrogens is 1. The van der Waals surface area contributed by atoms with Crippen LogP contribution in [0.25, 0.3) is 0 Å². The molecule has 0 aliphatic heterocycles. The summed E-state index contributed by atoms with van der Waals surface area (Å²) >= 11 is 0. The van der Waals surface area contributed by atoms with Crippen molar-refractivity contribution in [3.05, 3.63) is 53.1 Å². The van der Waals surface area contributed by atoms with Crippen LogP contribution in [0.15, 0.2) is 30.5 Å². The molecular formula is C17H20F3N3O2. The predicted molar refractivity (Wildman–Crippen MR) is 85.6 cm³/mol. The molecule has 1 aromatic heterocycles. The van der Waals surface area contributed by atoms with Gasteiger partial charge in [-0.2, -0.15) is 13.2 Å². The van der Waals surface area contributed by atoms with Crippen LogP contribution in [0.2, 0.25) is 0 Å². The van der Waals surface area contributed by atoms with Crippen molar-refractivity contribution >= 4 is 5.91 Å². The molecule has 136 valence electrons. The van der Waals surface area contributed by atoms with Crippen LogP contribution in [0.3, 0.4) is 0 Å². The third kappa shape index (κ3) is 5.32.